The fourth-order valence-electron chi connectivity index (χ4n) is 3.19. The Hall–Kier alpha value is -2.49. The van der Waals surface area contributed by atoms with Crippen LogP contribution in [0.4, 0.5) is 0 Å². The number of hydrogen-bond acceptors (Lipinski definition) is 5. The standard InChI is InChI=1S/C21H27NO5/c1-4-12-22-20(24)19-14-18(15-8-10-16(25-3)11-9-15)17(7-6-13-23)21(27-19)26-5-2/h1,8-11,14,17-18,21,23H,5-7,12-13H2,2-3H3,(H,22,24)/t17-,18-,21-/m0/s1. The van der Waals surface area contributed by atoms with Crippen LogP contribution in [0.2, 0.25) is 0 Å². The van der Waals surface area contributed by atoms with Gasteiger partial charge in [0.2, 0.25) is 6.29 Å². The Labute approximate surface area is 160 Å². The lowest BCUT2D eigenvalue weighted by Crippen LogP contribution is -2.39. The summed E-state index contributed by atoms with van der Waals surface area (Å²) in [5.41, 5.74) is 1.02. The summed E-state index contributed by atoms with van der Waals surface area (Å²) in [6, 6.07) is 7.71. The van der Waals surface area contributed by atoms with Crippen molar-refractivity contribution in [3.05, 3.63) is 41.7 Å². The van der Waals surface area contributed by atoms with Gasteiger partial charge in [0.1, 0.15) is 5.75 Å². The quantitative estimate of drug-likeness (QED) is 0.649. The summed E-state index contributed by atoms with van der Waals surface area (Å²) < 4.78 is 16.9. The van der Waals surface area contributed by atoms with Crippen LogP contribution in [0.25, 0.3) is 0 Å². The van der Waals surface area contributed by atoms with E-state index < -0.39 is 6.29 Å². The lowest BCUT2D eigenvalue weighted by atomic mass is 9.80. The highest BCUT2D eigenvalue weighted by Gasteiger charge is 2.37. The van der Waals surface area contributed by atoms with Crippen LogP contribution in [0.3, 0.4) is 0 Å². The maximum Gasteiger partial charge on any atom is 0.286 e. The summed E-state index contributed by atoms with van der Waals surface area (Å²) in [4.78, 5) is 12.4. The van der Waals surface area contributed by atoms with Crippen LogP contribution in [0.15, 0.2) is 36.1 Å². The smallest absolute Gasteiger partial charge is 0.286 e. The number of methoxy groups -OCH3 is 1. The van der Waals surface area contributed by atoms with Gasteiger partial charge in [-0.2, -0.15) is 0 Å². The molecule has 0 bridgehead atoms. The number of terminal acetylenes is 1. The van der Waals surface area contributed by atoms with Crippen molar-refractivity contribution in [2.75, 3.05) is 26.9 Å². The van der Waals surface area contributed by atoms with Gasteiger partial charge in [0, 0.05) is 25.0 Å². The molecule has 1 aromatic carbocycles. The van der Waals surface area contributed by atoms with Crippen molar-refractivity contribution >= 4 is 5.91 Å². The summed E-state index contributed by atoms with van der Waals surface area (Å²) in [6.07, 6.45) is 7.77. The van der Waals surface area contributed by atoms with E-state index in [0.29, 0.717) is 19.4 Å². The maximum absolute atomic E-state index is 12.4. The van der Waals surface area contributed by atoms with Gasteiger partial charge in [-0.15, -0.1) is 6.42 Å². The lowest BCUT2D eigenvalue weighted by molar-refractivity contribution is -0.166. The number of aliphatic hydroxyl groups is 1. The molecule has 0 fully saturated rings. The Morgan fingerprint density at radius 3 is 2.70 bits per heavy atom. The average molecular weight is 373 g/mol. The molecule has 1 aliphatic heterocycles. The second kappa shape index (κ2) is 10.6. The van der Waals surface area contributed by atoms with E-state index >= 15 is 0 Å². The van der Waals surface area contributed by atoms with Crippen molar-refractivity contribution in [3.8, 4) is 18.1 Å². The zero-order valence-corrected chi connectivity index (χ0v) is 15.8. The van der Waals surface area contributed by atoms with Gasteiger partial charge in [0.25, 0.3) is 5.91 Å². The van der Waals surface area contributed by atoms with E-state index in [9.17, 15) is 9.90 Å². The zero-order valence-electron chi connectivity index (χ0n) is 15.8. The topological polar surface area (TPSA) is 77.0 Å². The largest absolute Gasteiger partial charge is 0.497 e. The van der Waals surface area contributed by atoms with E-state index in [1.54, 1.807) is 7.11 Å². The minimum Gasteiger partial charge on any atom is -0.497 e. The van der Waals surface area contributed by atoms with E-state index in [0.717, 1.165) is 11.3 Å². The number of amides is 1. The minimum atomic E-state index is -0.578. The molecule has 27 heavy (non-hydrogen) atoms. The van der Waals surface area contributed by atoms with E-state index in [2.05, 4.69) is 11.2 Å². The van der Waals surface area contributed by atoms with E-state index in [1.807, 2.05) is 37.3 Å². The Morgan fingerprint density at radius 1 is 1.37 bits per heavy atom. The normalized spacial score (nSPS) is 21.6. The molecule has 0 saturated carbocycles. The van der Waals surface area contributed by atoms with Crippen molar-refractivity contribution in [2.24, 2.45) is 5.92 Å². The van der Waals surface area contributed by atoms with Crippen molar-refractivity contribution < 1.29 is 24.1 Å². The molecule has 146 valence electrons. The van der Waals surface area contributed by atoms with Crippen molar-refractivity contribution in [1.82, 2.24) is 5.32 Å². The first-order valence-corrected chi connectivity index (χ1v) is 9.11. The van der Waals surface area contributed by atoms with Crippen LogP contribution in [0, 0.1) is 18.3 Å². The summed E-state index contributed by atoms with van der Waals surface area (Å²) in [5.74, 6) is 2.84. The average Bonchev–Trinajstić information content (AvgIpc) is 2.70. The molecule has 0 unspecified atom stereocenters. The molecule has 1 aliphatic rings. The minimum absolute atomic E-state index is 0.0327. The maximum atomic E-state index is 12.4. The first-order valence-electron chi connectivity index (χ1n) is 9.11. The number of carbonyl (C=O) groups excluding carboxylic acids is 1. The molecule has 6 nitrogen and oxygen atoms in total. The molecule has 1 aromatic rings. The van der Waals surface area contributed by atoms with Crippen LogP contribution in [-0.4, -0.2) is 44.2 Å². The highest BCUT2D eigenvalue weighted by atomic mass is 16.7. The van der Waals surface area contributed by atoms with Gasteiger partial charge in [-0.25, -0.2) is 0 Å². The SMILES string of the molecule is C#CCNC(=O)C1=C[C@@H](c2ccc(OC)cc2)[C@H](CCCO)[C@@H](OCC)O1. The van der Waals surface area contributed by atoms with Gasteiger partial charge in [-0.05, 0) is 43.5 Å². The van der Waals surface area contributed by atoms with Gasteiger partial charge in [0.15, 0.2) is 5.76 Å². The number of ether oxygens (including phenoxy) is 3. The molecule has 0 saturated heterocycles. The van der Waals surface area contributed by atoms with Crippen LogP contribution in [0.1, 0.15) is 31.2 Å². The summed E-state index contributed by atoms with van der Waals surface area (Å²) in [7, 11) is 1.62. The molecule has 0 spiro atoms. The third-order valence-corrected chi connectivity index (χ3v) is 4.49. The predicted octanol–water partition coefficient (Wildman–Crippen LogP) is 2.19. The van der Waals surface area contributed by atoms with Gasteiger partial charge >= 0.3 is 0 Å². The lowest BCUT2D eigenvalue weighted by Gasteiger charge is -2.37. The third-order valence-electron chi connectivity index (χ3n) is 4.49. The first kappa shape index (κ1) is 20.8. The molecule has 3 atom stereocenters. The first-order chi connectivity index (χ1) is 13.1. The van der Waals surface area contributed by atoms with Crippen LogP contribution in [-0.2, 0) is 14.3 Å². The van der Waals surface area contributed by atoms with Crippen molar-refractivity contribution in [1.29, 1.82) is 0 Å². The monoisotopic (exact) mass is 373 g/mol. The van der Waals surface area contributed by atoms with Gasteiger partial charge < -0.3 is 24.6 Å². The number of hydrogen-bond donors (Lipinski definition) is 2. The van der Waals surface area contributed by atoms with Gasteiger partial charge in [0.05, 0.1) is 13.7 Å². The molecule has 0 radical (unpaired) electrons. The Bertz CT molecular complexity index is 677. The highest BCUT2D eigenvalue weighted by Crippen LogP contribution is 2.39. The molecule has 2 N–H and O–H groups in total. The number of nitrogens with one attached hydrogen (secondary N) is 1. The second-order valence-electron chi connectivity index (χ2n) is 6.19. The fourth-order valence-corrected chi connectivity index (χ4v) is 3.19. The van der Waals surface area contributed by atoms with E-state index in [1.165, 1.54) is 0 Å². The summed E-state index contributed by atoms with van der Waals surface area (Å²) in [5, 5.41) is 11.9. The van der Waals surface area contributed by atoms with Crippen LogP contribution < -0.4 is 10.1 Å². The van der Waals surface area contributed by atoms with E-state index in [4.69, 9.17) is 20.6 Å². The number of aliphatic hydroxyl groups excluding tert-OH is 1. The molecule has 2 rings (SSSR count). The van der Waals surface area contributed by atoms with E-state index in [-0.39, 0.29) is 36.7 Å². The Balaban J connectivity index is 2.37. The molecule has 1 heterocycles. The van der Waals surface area contributed by atoms with Gasteiger partial charge in [-0.3, -0.25) is 4.79 Å². The number of carbonyl (C=O) groups is 1. The Morgan fingerprint density at radius 2 is 2.11 bits per heavy atom. The van der Waals surface area contributed by atoms with Crippen molar-refractivity contribution in [2.45, 2.75) is 32.0 Å². The predicted molar refractivity (Wildman–Crippen MR) is 102 cm³/mol. The zero-order chi connectivity index (χ0) is 19.6. The summed E-state index contributed by atoms with van der Waals surface area (Å²) >= 11 is 0. The number of rotatable bonds is 9. The highest BCUT2D eigenvalue weighted by molar-refractivity contribution is 5.91. The van der Waals surface area contributed by atoms with Crippen LogP contribution >= 0.6 is 0 Å². The summed E-state index contributed by atoms with van der Waals surface area (Å²) in [6.45, 7) is 2.55. The molecular weight excluding hydrogens is 346 g/mol. The molecule has 1 amide bonds. The molecular formula is C21H27NO5. The van der Waals surface area contributed by atoms with Gasteiger partial charge in [-0.1, -0.05) is 18.1 Å². The Kier molecular flexibility index (Phi) is 8.18. The molecule has 0 aromatic heterocycles. The molecule has 0 aliphatic carbocycles. The van der Waals surface area contributed by atoms with Crippen LogP contribution in [0.5, 0.6) is 5.75 Å². The third kappa shape index (κ3) is 5.49. The second-order valence-corrected chi connectivity index (χ2v) is 6.19. The number of benzene rings is 1. The number of allylic oxidation sites excluding steroid dienone is 1. The fraction of sp³-hybridized carbons (Fsp3) is 0.476. The van der Waals surface area contributed by atoms with Crippen molar-refractivity contribution in [3.63, 3.8) is 0 Å². The molecule has 6 heteroatoms.